The highest BCUT2D eigenvalue weighted by atomic mass is 16.5. The smallest absolute Gasteiger partial charge is 0.120 e. The minimum atomic E-state index is 0.219. The molecule has 0 bridgehead atoms. The molecule has 0 unspecified atom stereocenters. The fourth-order valence-electron chi connectivity index (χ4n) is 1.75. The number of hydrogen-bond donors (Lipinski definition) is 1. The lowest BCUT2D eigenvalue weighted by Gasteiger charge is -2.10. The third-order valence-corrected chi connectivity index (χ3v) is 2.47. The number of hydrogen-bond acceptors (Lipinski definition) is 2. The zero-order valence-electron chi connectivity index (χ0n) is 12.0. The monoisotopic (exact) mass is 247 g/mol. The average molecular weight is 247 g/mol. The summed E-state index contributed by atoms with van der Waals surface area (Å²) in [7, 11) is 0. The van der Waals surface area contributed by atoms with E-state index in [1.165, 1.54) is 17.6 Å². The van der Waals surface area contributed by atoms with Crippen LogP contribution in [-0.4, -0.2) is 19.2 Å². The van der Waals surface area contributed by atoms with Crippen LogP contribution in [0.2, 0.25) is 0 Å². The van der Waals surface area contributed by atoms with E-state index in [-0.39, 0.29) is 6.10 Å². The zero-order chi connectivity index (χ0) is 13.4. The van der Waals surface area contributed by atoms with E-state index in [0.29, 0.717) is 0 Å². The summed E-state index contributed by atoms with van der Waals surface area (Å²) in [4.78, 5) is 0. The normalized spacial score (nSPS) is 11.9. The van der Waals surface area contributed by atoms with Crippen LogP contribution in [0.3, 0.4) is 0 Å². The molecule has 18 heavy (non-hydrogen) atoms. The van der Waals surface area contributed by atoms with Crippen molar-refractivity contribution in [1.82, 2.24) is 5.32 Å². The molecular weight excluding hydrogens is 222 g/mol. The Kier molecular flexibility index (Phi) is 6.51. The van der Waals surface area contributed by atoms with Gasteiger partial charge < -0.3 is 10.1 Å². The predicted molar refractivity (Wildman–Crippen MR) is 79.0 cm³/mol. The molecule has 0 spiro atoms. The summed E-state index contributed by atoms with van der Waals surface area (Å²) in [6, 6.07) is 8.23. The van der Waals surface area contributed by atoms with Gasteiger partial charge in [-0.15, -0.1) is 0 Å². The first-order chi connectivity index (χ1) is 8.61. The largest absolute Gasteiger partial charge is 0.491 e. The van der Waals surface area contributed by atoms with Gasteiger partial charge in [-0.1, -0.05) is 30.7 Å². The standard InChI is InChI=1S/C16H25NO/c1-5-9-17-12-14(4)10-15-7-6-8-16(11-15)18-13(2)3/h6-8,10-11,13,17H,5,9,12H2,1-4H3. The van der Waals surface area contributed by atoms with Crippen LogP contribution in [0.4, 0.5) is 0 Å². The molecule has 0 saturated carbocycles. The van der Waals surface area contributed by atoms with Crippen molar-refractivity contribution in [2.75, 3.05) is 13.1 Å². The van der Waals surface area contributed by atoms with Crippen LogP contribution in [0.25, 0.3) is 6.08 Å². The second kappa shape index (κ2) is 7.93. The van der Waals surface area contributed by atoms with Gasteiger partial charge in [0.1, 0.15) is 5.75 Å². The summed E-state index contributed by atoms with van der Waals surface area (Å²) >= 11 is 0. The molecular formula is C16H25NO. The van der Waals surface area contributed by atoms with Crippen molar-refractivity contribution < 1.29 is 4.74 Å². The maximum absolute atomic E-state index is 5.69. The molecule has 0 aliphatic rings. The maximum atomic E-state index is 5.69. The van der Waals surface area contributed by atoms with E-state index in [1.54, 1.807) is 0 Å². The molecule has 100 valence electrons. The lowest BCUT2D eigenvalue weighted by Crippen LogP contribution is -2.16. The molecule has 0 aliphatic carbocycles. The third kappa shape index (κ3) is 5.87. The lowest BCUT2D eigenvalue weighted by molar-refractivity contribution is 0.242. The summed E-state index contributed by atoms with van der Waals surface area (Å²) in [6.45, 7) is 10.4. The van der Waals surface area contributed by atoms with E-state index in [0.717, 1.165) is 18.8 Å². The summed E-state index contributed by atoms with van der Waals surface area (Å²) in [6.07, 6.45) is 3.59. The predicted octanol–water partition coefficient (Wildman–Crippen LogP) is 3.88. The molecule has 0 atom stereocenters. The van der Waals surface area contributed by atoms with E-state index in [2.05, 4.69) is 37.4 Å². The van der Waals surface area contributed by atoms with Gasteiger partial charge >= 0.3 is 0 Å². The summed E-state index contributed by atoms with van der Waals surface area (Å²) in [5.41, 5.74) is 2.54. The van der Waals surface area contributed by atoms with Crippen molar-refractivity contribution in [3.63, 3.8) is 0 Å². The van der Waals surface area contributed by atoms with Gasteiger partial charge in [0.15, 0.2) is 0 Å². The maximum Gasteiger partial charge on any atom is 0.120 e. The van der Waals surface area contributed by atoms with Gasteiger partial charge in [-0.2, -0.15) is 0 Å². The summed E-state index contributed by atoms with van der Waals surface area (Å²) < 4.78 is 5.69. The second-order valence-corrected chi connectivity index (χ2v) is 4.91. The highest BCUT2D eigenvalue weighted by molar-refractivity contribution is 5.54. The average Bonchev–Trinajstić information content (AvgIpc) is 2.28. The van der Waals surface area contributed by atoms with Gasteiger partial charge in [0, 0.05) is 6.54 Å². The van der Waals surface area contributed by atoms with E-state index in [1.807, 2.05) is 26.0 Å². The Hall–Kier alpha value is -1.28. The van der Waals surface area contributed by atoms with Crippen LogP contribution in [-0.2, 0) is 0 Å². The van der Waals surface area contributed by atoms with Crippen LogP contribution >= 0.6 is 0 Å². The fourth-order valence-corrected chi connectivity index (χ4v) is 1.75. The molecule has 1 aromatic carbocycles. The van der Waals surface area contributed by atoms with Crippen LogP contribution in [0, 0.1) is 0 Å². The summed E-state index contributed by atoms with van der Waals surface area (Å²) in [5, 5.41) is 3.40. The number of rotatable bonds is 7. The van der Waals surface area contributed by atoms with Crippen LogP contribution < -0.4 is 10.1 Å². The van der Waals surface area contributed by atoms with Gasteiger partial charge in [-0.25, -0.2) is 0 Å². The van der Waals surface area contributed by atoms with E-state index < -0.39 is 0 Å². The first-order valence-corrected chi connectivity index (χ1v) is 6.76. The second-order valence-electron chi connectivity index (χ2n) is 4.91. The number of benzene rings is 1. The zero-order valence-corrected chi connectivity index (χ0v) is 12.0. The van der Waals surface area contributed by atoms with E-state index in [4.69, 9.17) is 4.74 Å². The molecule has 0 saturated heterocycles. The van der Waals surface area contributed by atoms with Crippen molar-refractivity contribution in [2.45, 2.75) is 40.2 Å². The molecule has 2 heteroatoms. The Morgan fingerprint density at radius 2 is 2.17 bits per heavy atom. The Morgan fingerprint density at radius 3 is 2.83 bits per heavy atom. The Morgan fingerprint density at radius 1 is 1.39 bits per heavy atom. The molecule has 0 aromatic heterocycles. The molecule has 1 N–H and O–H groups in total. The van der Waals surface area contributed by atoms with Gasteiger partial charge in [0.2, 0.25) is 0 Å². The minimum Gasteiger partial charge on any atom is -0.491 e. The van der Waals surface area contributed by atoms with Gasteiger partial charge in [0.05, 0.1) is 6.10 Å². The van der Waals surface area contributed by atoms with Crippen LogP contribution in [0.15, 0.2) is 29.8 Å². The molecule has 0 heterocycles. The van der Waals surface area contributed by atoms with Crippen LogP contribution in [0.1, 0.15) is 39.7 Å². The molecule has 0 amide bonds. The van der Waals surface area contributed by atoms with Crippen LogP contribution in [0.5, 0.6) is 5.75 Å². The molecule has 2 nitrogen and oxygen atoms in total. The third-order valence-electron chi connectivity index (χ3n) is 2.47. The van der Waals surface area contributed by atoms with E-state index >= 15 is 0 Å². The highest BCUT2D eigenvalue weighted by Crippen LogP contribution is 2.16. The first-order valence-electron chi connectivity index (χ1n) is 6.76. The van der Waals surface area contributed by atoms with Crippen molar-refractivity contribution >= 4 is 6.08 Å². The van der Waals surface area contributed by atoms with Crippen molar-refractivity contribution in [3.8, 4) is 5.75 Å². The Labute approximate surface area is 111 Å². The first kappa shape index (κ1) is 14.8. The molecule has 0 radical (unpaired) electrons. The number of ether oxygens (including phenoxy) is 1. The minimum absolute atomic E-state index is 0.219. The SMILES string of the molecule is CCCNCC(C)=Cc1cccc(OC(C)C)c1. The van der Waals surface area contributed by atoms with Crippen molar-refractivity contribution in [3.05, 3.63) is 35.4 Å². The van der Waals surface area contributed by atoms with Gasteiger partial charge in [-0.3, -0.25) is 0 Å². The fraction of sp³-hybridized carbons (Fsp3) is 0.500. The van der Waals surface area contributed by atoms with Gasteiger partial charge in [0.25, 0.3) is 0 Å². The van der Waals surface area contributed by atoms with Crippen molar-refractivity contribution in [2.24, 2.45) is 0 Å². The Bertz CT molecular complexity index is 382. The summed E-state index contributed by atoms with van der Waals surface area (Å²) in [5.74, 6) is 0.938. The lowest BCUT2D eigenvalue weighted by atomic mass is 10.1. The van der Waals surface area contributed by atoms with Crippen molar-refractivity contribution in [1.29, 1.82) is 0 Å². The molecule has 1 aromatic rings. The molecule has 0 aliphatic heterocycles. The topological polar surface area (TPSA) is 21.3 Å². The molecule has 0 fully saturated rings. The molecule has 1 rings (SSSR count). The van der Waals surface area contributed by atoms with Gasteiger partial charge in [-0.05, 0) is 51.4 Å². The van der Waals surface area contributed by atoms with E-state index in [9.17, 15) is 0 Å². The Balaban J connectivity index is 2.62. The quantitative estimate of drug-likeness (QED) is 0.738. The highest BCUT2D eigenvalue weighted by Gasteiger charge is 1.98. The number of nitrogens with one attached hydrogen (secondary N) is 1.